The van der Waals surface area contributed by atoms with Crippen LogP contribution in [-0.2, 0) is 12.2 Å². The molecule has 1 unspecified atom stereocenters. The fourth-order valence-electron chi connectivity index (χ4n) is 2.63. The van der Waals surface area contributed by atoms with E-state index >= 15 is 0 Å². The van der Waals surface area contributed by atoms with Crippen LogP contribution in [-0.4, -0.2) is 22.4 Å². The van der Waals surface area contributed by atoms with Crippen molar-refractivity contribution in [3.8, 4) is 10.8 Å². The summed E-state index contributed by atoms with van der Waals surface area (Å²) < 4.78 is 5.44. The lowest BCUT2D eigenvalue weighted by Gasteiger charge is -2.08. The number of hydrogen-bond donors (Lipinski definition) is 1. The summed E-state index contributed by atoms with van der Waals surface area (Å²) in [6, 6.07) is 2.51. The Kier molecular flexibility index (Phi) is 3.09. The molecule has 0 aliphatic carbocycles. The van der Waals surface area contributed by atoms with Gasteiger partial charge >= 0.3 is 0 Å². The number of thiophene rings is 1. The molecule has 19 heavy (non-hydrogen) atoms. The minimum Gasteiger partial charge on any atom is -0.333 e. The molecule has 0 bridgehead atoms. The number of hydrogen-bond acceptors (Lipinski definition) is 6. The summed E-state index contributed by atoms with van der Waals surface area (Å²) in [5.74, 6) is 3.85. The van der Waals surface area contributed by atoms with Gasteiger partial charge in [0.1, 0.15) is 0 Å². The zero-order valence-electron chi connectivity index (χ0n) is 10.5. The molecular formula is C13H15N3OS2. The number of aryl methyl sites for hydroxylation is 1. The average Bonchev–Trinajstić information content (AvgIpc) is 3.17. The van der Waals surface area contributed by atoms with E-state index in [1.807, 2.05) is 23.1 Å². The van der Waals surface area contributed by atoms with Gasteiger partial charge in [-0.1, -0.05) is 5.16 Å². The Morgan fingerprint density at radius 2 is 2.42 bits per heavy atom. The van der Waals surface area contributed by atoms with Gasteiger partial charge in [-0.25, -0.2) is 0 Å². The predicted molar refractivity (Wildman–Crippen MR) is 77.5 cm³/mol. The summed E-state index contributed by atoms with van der Waals surface area (Å²) in [5.41, 5.74) is 1.45. The third-order valence-corrected chi connectivity index (χ3v) is 5.89. The molecule has 1 fully saturated rings. The van der Waals surface area contributed by atoms with E-state index in [1.54, 1.807) is 0 Å². The Morgan fingerprint density at radius 1 is 1.42 bits per heavy atom. The molecule has 1 atom stereocenters. The highest BCUT2D eigenvalue weighted by Crippen LogP contribution is 2.36. The molecule has 0 radical (unpaired) electrons. The van der Waals surface area contributed by atoms with Crippen molar-refractivity contribution in [3.63, 3.8) is 0 Å². The van der Waals surface area contributed by atoms with Crippen molar-refractivity contribution < 1.29 is 4.52 Å². The lowest BCUT2D eigenvalue weighted by atomic mass is 10.2. The zero-order chi connectivity index (χ0) is 12.7. The fraction of sp³-hybridized carbons (Fsp3) is 0.538. The van der Waals surface area contributed by atoms with Gasteiger partial charge in [0.25, 0.3) is 5.89 Å². The molecule has 4 rings (SSSR count). The number of nitrogens with one attached hydrogen (secondary N) is 1. The lowest BCUT2D eigenvalue weighted by molar-refractivity contribution is 0.413. The van der Waals surface area contributed by atoms with Crippen molar-refractivity contribution in [3.05, 3.63) is 22.3 Å². The molecule has 6 heteroatoms. The number of fused-ring (bicyclic) bond motifs is 1. The van der Waals surface area contributed by atoms with Crippen LogP contribution in [0.2, 0.25) is 0 Å². The third-order valence-electron chi connectivity index (χ3n) is 3.65. The molecule has 0 spiro atoms. The second-order valence-electron chi connectivity index (χ2n) is 4.97. The predicted octanol–water partition coefficient (Wildman–Crippen LogP) is 3.01. The highest BCUT2D eigenvalue weighted by Gasteiger charge is 2.23. The number of rotatable bonds is 2. The first-order valence-corrected chi connectivity index (χ1v) is 8.64. The van der Waals surface area contributed by atoms with Gasteiger partial charge in [-0.3, -0.25) is 0 Å². The maximum absolute atomic E-state index is 5.44. The van der Waals surface area contributed by atoms with Gasteiger partial charge in [0.15, 0.2) is 5.82 Å². The van der Waals surface area contributed by atoms with E-state index in [9.17, 15) is 0 Å². The lowest BCUT2D eigenvalue weighted by Crippen LogP contribution is -2.14. The van der Waals surface area contributed by atoms with Crippen LogP contribution in [0.3, 0.4) is 0 Å². The number of aromatic nitrogens is 2. The summed E-state index contributed by atoms with van der Waals surface area (Å²) >= 11 is 3.82. The van der Waals surface area contributed by atoms with Crippen LogP contribution < -0.4 is 5.32 Å². The van der Waals surface area contributed by atoms with Crippen LogP contribution in [0.4, 0.5) is 0 Å². The molecule has 4 nitrogen and oxygen atoms in total. The van der Waals surface area contributed by atoms with Gasteiger partial charge in [0.2, 0.25) is 0 Å². The second kappa shape index (κ2) is 4.92. The van der Waals surface area contributed by atoms with Crippen LogP contribution >= 0.6 is 23.1 Å². The summed E-state index contributed by atoms with van der Waals surface area (Å²) in [6.45, 7) is 1.05. The Balaban J connectivity index is 1.63. The standard InChI is InChI=1S/C13H15N3OS2/c1-2-9(14-4-1)12-15-13(17-16-12)11-6-8-7-18-5-3-10(8)19-11/h6,9,14H,1-5,7H2. The summed E-state index contributed by atoms with van der Waals surface area (Å²) in [6.07, 6.45) is 3.48. The molecule has 0 saturated carbocycles. The quantitative estimate of drug-likeness (QED) is 0.922. The van der Waals surface area contributed by atoms with Gasteiger partial charge < -0.3 is 9.84 Å². The Hall–Kier alpha value is -0.850. The van der Waals surface area contributed by atoms with Gasteiger partial charge in [0.05, 0.1) is 10.9 Å². The van der Waals surface area contributed by atoms with Gasteiger partial charge in [0, 0.05) is 10.6 Å². The van der Waals surface area contributed by atoms with Crippen molar-refractivity contribution in [2.75, 3.05) is 12.3 Å². The molecule has 2 aliphatic heterocycles. The normalized spacial score (nSPS) is 22.6. The third kappa shape index (κ3) is 2.22. The largest absolute Gasteiger partial charge is 0.333 e. The van der Waals surface area contributed by atoms with Crippen molar-refractivity contribution in [1.29, 1.82) is 0 Å². The average molecular weight is 293 g/mol. The zero-order valence-corrected chi connectivity index (χ0v) is 12.1. The first-order chi connectivity index (χ1) is 9.40. The van der Waals surface area contributed by atoms with Gasteiger partial charge in [-0.05, 0) is 43.2 Å². The molecule has 1 saturated heterocycles. The van der Waals surface area contributed by atoms with E-state index < -0.39 is 0 Å². The van der Waals surface area contributed by atoms with Gasteiger partial charge in [-0.2, -0.15) is 16.7 Å². The van der Waals surface area contributed by atoms with E-state index in [-0.39, 0.29) is 6.04 Å². The molecule has 2 aromatic heterocycles. The molecule has 2 aliphatic rings. The summed E-state index contributed by atoms with van der Waals surface area (Å²) in [5, 5.41) is 7.54. The number of nitrogens with zero attached hydrogens (tertiary/aromatic N) is 2. The van der Waals surface area contributed by atoms with Crippen LogP contribution in [0.25, 0.3) is 10.8 Å². The maximum atomic E-state index is 5.44. The van der Waals surface area contributed by atoms with E-state index in [0.29, 0.717) is 5.89 Å². The first-order valence-electron chi connectivity index (χ1n) is 6.67. The molecule has 4 heterocycles. The number of thioether (sulfide) groups is 1. The molecule has 0 amide bonds. The van der Waals surface area contributed by atoms with Gasteiger partial charge in [-0.15, -0.1) is 11.3 Å². The molecule has 2 aromatic rings. The second-order valence-corrected chi connectivity index (χ2v) is 7.21. The van der Waals surface area contributed by atoms with Crippen molar-refractivity contribution in [1.82, 2.24) is 15.5 Å². The van der Waals surface area contributed by atoms with Crippen LogP contribution in [0.15, 0.2) is 10.6 Å². The SMILES string of the molecule is c1c(-c2nc(C3CCCN3)no2)sc2c1CSCC2. The molecular weight excluding hydrogens is 278 g/mol. The van der Waals surface area contributed by atoms with Crippen molar-refractivity contribution >= 4 is 23.1 Å². The Morgan fingerprint density at radius 3 is 3.26 bits per heavy atom. The van der Waals surface area contributed by atoms with E-state index in [1.165, 1.54) is 29.0 Å². The Labute approximate surface area is 120 Å². The van der Waals surface area contributed by atoms with Crippen LogP contribution in [0.5, 0.6) is 0 Å². The molecule has 0 aromatic carbocycles. The highest BCUT2D eigenvalue weighted by atomic mass is 32.2. The smallest absolute Gasteiger partial charge is 0.268 e. The summed E-state index contributed by atoms with van der Waals surface area (Å²) in [7, 11) is 0. The van der Waals surface area contributed by atoms with Crippen molar-refractivity contribution in [2.24, 2.45) is 0 Å². The topological polar surface area (TPSA) is 51.0 Å². The fourth-order valence-corrected chi connectivity index (χ4v) is 4.93. The van der Waals surface area contributed by atoms with Crippen LogP contribution in [0.1, 0.15) is 35.1 Å². The van der Waals surface area contributed by atoms with E-state index in [0.717, 1.165) is 29.4 Å². The van der Waals surface area contributed by atoms with E-state index in [4.69, 9.17) is 4.52 Å². The van der Waals surface area contributed by atoms with Crippen molar-refractivity contribution in [2.45, 2.75) is 31.1 Å². The van der Waals surface area contributed by atoms with E-state index in [2.05, 4.69) is 21.5 Å². The Bertz CT molecular complexity index is 563. The molecule has 100 valence electrons. The highest BCUT2D eigenvalue weighted by molar-refractivity contribution is 7.98. The monoisotopic (exact) mass is 293 g/mol. The van der Waals surface area contributed by atoms with Crippen LogP contribution in [0, 0.1) is 0 Å². The molecule has 1 N–H and O–H groups in total. The summed E-state index contributed by atoms with van der Waals surface area (Å²) in [4.78, 5) is 7.19. The minimum absolute atomic E-state index is 0.280. The first kappa shape index (κ1) is 11.9. The minimum atomic E-state index is 0.280. The maximum Gasteiger partial charge on any atom is 0.268 e.